The van der Waals surface area contributed by atoms with Crippen molar-refractivity contribution in [1.29, 1.82) is 0 Å². The van der Waals surface area contributed by atoms with Crippen molar-refractivity contribution < 1.29 is 4.42 Å². The summed E-state index contributed by atoms with van der Waals surface area (Å²) in [5.74, 6) is 0.838. The molecule has 4 aromatic rings. The summed E-state index contributed by atoms with van der Waals surface area (Å²) >= 11 is 0. The van der Waals surface area contributed by atoms with Crippen LogP contribution in [0.5, 0.6) is 0 Å². The van der Waals surface area contributed by atoms with Gasteiger partial charge in [-0.25, -0.2) is 4.68 Å². The predicted molar refractivity (Wildman–Crippen MR) is 96.2 cm³/mol. The van der Waals surface area contributed by atoms with Crippen LogP contribution in [-0.4, -0.2) is 9.78 Å². The predicted octanol–water partition coefficient (Wildman–Crippen LogP) is 5.42. The molecule has 0 N–H and O–H groups in total. The van der Waals surface area contributed by atoms with Crippen molar-refractivity contribution in [1.82, 2.24) is 9.78 Å². The third kappa shape index (κ3) is 2.44. The van der Waals surface area contributed by atoms with Crippen molar-refractivity contribution in [2.24, 2.45) is 0 Å². The number of furan rings is 1. The molecule has 3 heteroatoms. The molecular weight excluding hydrogens is 296 g/mol. The van der Waals surface area contributed by atoms with Gasteiger partial charge in [-0.1, -0.05) is 48.0 Å². The quantitative estimate of drug-likeness (QED) is 0.506. The first-order chi connectivity index (χ1) is 11.7. The molecule has 0 aliphatic heterocycles. The van der Waals surface area contributed by atoms with Crippen LogP contribution in [0.25, 0.3) is 28.3 Å². The van der Waals surface area contributed by atoms with Crippen molar-refractivity contribution in [3.05, 3.63) is 84.3 Å². The molecule has 2 heterocycles. The molecule has 0 saturated carbocycles. The van der Waals surface area contributed by atoms with Crippen LogP contribution in [0, 0.1) is 13.8 Å². The zero-order chi connectivity index (χ0) is 16.5. The van der Waals surface area contributed by atoms with Crippen LogP contribution in [0.2, 0.25) is 0 Å². The summed E-state index contributed by atoms with van der Waals surface area (Å²) in [5, 5.41) is 4.79. The lowest BCUT2D eigenvalue weighted by Gasteiger charge is -2.10. The average molecular weight is 314 g/mol. The van der Waals surface area contributed by atoms with Crippen LogP contribution in [0.3, 0.4) is 0 Å². The van der Waals surface area contributed by atoms with E-state index >= 15 is 0 Å². The molecule has 24 heavy (non-hydrogen) atoms. The van der Waals surface area contributed by atoms with Gasteiger partial charge in [-0.15, -0.1) is 0 Å². The van der Waals surface area contributed by atoms with Crippen molar-refractivity contribution in [3.63, 3.8) is 0 Å². The molecule has 4 rings (SSSR count). The number of nitrogens with zero attached hydrogens (tertiary/aromatic N) is 2. The highest BCUT2D eigenvalue weighted by atomic mass is 16.3. The Balaban J connectivity index is 2.02. The van der Waals surface area contributed by atoms with Gasteiger partial charge in [0.05, 0.1) is 28.9 Å². The van der Waals surface area contributed by atoms with Gasteiger partial charge in [0.25, 0.3) is 0 Å². The largest absolute Gasteiger partial charge is 0.464 e. The number of para-hydroxylation sites is 1. The van der Waals surface area contributed by atoms with Crippen LogP contribution in [-0.2, 0) is 0 Å². The maximum atomic E-state index is 5.68. The normalized spacial score (nSPS) is 10.9. The molecule has 0 unspecified atom stereocenters. The Bertz CT molecular complexity index is 949. The molecule has 3 nitrogen and oxygen atoms in total. The molecule has 0 aliphatic rings. The minimum atomic E-state index is 0.838. The fourth-order valence-corrected chi connectivity index (χ4v) is 2.98. The second kappa shape index (κ2) is 5.85. The van der Waals surface area contributed by atoms with Crippen LogP contribution < -0.4 is 0 Å². The van der Waals surface area contributed by atoms with Gasteiger partial charge < -0.3 is 4.42 Å². The number of benzene rings is 2. The SMILES string of the molecule is Cc1ccc(-c2c(-c3ccco3)c(C)nn2-c2ccccc2)cc1. The van der Waals surface area contributed by atoms with Gasteiger partial charge in [-0.05, 0) is 38.1 Å². The Hall–Kier alpha value is -3.07. The van der Waals surface area contributed by atoms with Crippen molar-refractivity contribution >= 4 is 0 Å². The van der Waals surface area contributed by atoms with E-state index in [4.69, 9.17) is 9.52 Å². The topological polar surface area (TPSA) is 31.0 Å². The van der Waals surface area contributed by atoms with Gasteiger partial charge in [-0.2, -0.15) is 5.10 Å². The van der Waals surface area contributed by atoms with E-state index in [0.29, 0.717) is 0 Å². The summed E-state index contributed by atoms with van der Waals surface area (Å²) in [6.45, 7) is 4.12. The van der Waals surface area contributed by atoms with Crippen LogP contribution >= 0.6 is 0 Å². The summed E-state index contributed by atoms with van der Waals surface area (Å²) in [4.78, 5) is 0. The Morgan fingerprint density at radius 3 is 2.25 bits per heavy atom. The monoisotopic (exact) mass is 314 g/mol. The molecule has 0 bridgehead atoms. The van der Waals surface area contributed by atoms with Gasteiger partial charge in [-0.3, -0.25) is 0 Å². The van der Waals surface area contributed by atoms with Crippen molar-refractivity contribution in [3.8, 4) is 28.3 Å². The fourth-order valence-electron chi connectivity index (χ4n) is 2.98. The van der Waals surface area contributed by atoms with Crippen LogP contribution in [0.15, 0.2) is 77.4 Å². The van der Waals surface area contributed by atoms with Crippen molar-refractivity contribution in [2.45, 2.75) is 13.8 Å². The van der Waals surface area contributed by atoms with Crippen LogP contribution in [0.1, 0.15) is 11.3 Å². The molecular formula is C21H18N2O. The molecule has 0 atom stereocenters. The third-order valence-electron chi connectivity index (χ3n) is 4.15. The minimum Gasteiger partial charge on any atom is -0.464 e. The van der Waals surface area contributed by atoms with E-state index in [2.05, 4.69) is 43.3 Å². The zero-order valence-electron chi connectivity index (χ0n) is 13.7. The van der Waals surface area contributed by atoms with Gasteiger partial charge in [0, 0.05) is 5.56 Å². The number of rotatable bonds is 3. The summed E-state index contributed by atoms with van der Waals surface area (Å²) in [6, 6.07) is 22.6. The Morgan fingerprint density at radius 2 is 1.58 bits per heavy atom. The lowest BCUT2D eigenvalue weighted by molar-refractivity contribution is 0.582. The molecule has 0 fully saturated rings. The van der Waals surface area contributed by atoms with E-state index in [0.717, 1.165) is 34.0 Å². The summed E-state index contributed by atoms with van der Waals surface area (Å²) in [6.07, 6.45) is 1.70. The maximum absolute atomic E-state index is 5.68. The lowest BCUT2D eigenvalue weighted by Crippen LogP contribution is -1.99. The fraction of sp³-hybridized carbons (Fsp3) is 0.0952. The summed E-state index contributed by atoms with van der Waals surface area (Å²) in [5.41, 5.74) is 6.43. The smallest absolute Gasteiger partial charge is 0.137 e. The van der Waals surface area contributed by atoms with E-state index < -0.39 is 0 Å². The first-order valence-corrected chi connectivity index (χ1v) is 8.00. The number of aryl methyl sites for hydroxylation is 2. The molecule has 118 valence electrons. The zero-order valence-corrected chi connectivity index (χ0v) is 13.7. The number of hydrogen-bond donors (Lipinski definition) is 0. The highest BCUT2D eigenvalue weighted by Gasteiger charge is 2.21. The van der Waals surface area contributed by atoms with E-state index in [1.54, 1.807) is 6.26 Å². The molecule has 0 amide bonds. The molecule has 0 saturated heterocycles. The molecule has 0 aliphatic carbocycles. The van der Waals surface area contributed by atoms with Gasteiger partial charge in [0.15, 0.2) is 0 Å². The second-order valence-corrected chi connectivity index (χ2v) is 5.90. The van der Waals surface area contributed by atoms with E-state index in [1.807, 2.05) is 41.9 Å². The van der Waals surface area contributed by atoms with E-state index in [9.17, 15) is 0 Å². The highest BCUT2D eigenvalue weighted by Crippen LogP contribution is 2.36. The summed E-state index contributed by atoms with van der Waals surface area (Å²) < 4.78 is 7.68. The Kier molecular flexibility index (Phi) is 3.54. The lowest BCUT2D eigenvalue weighted by atomic mass is 10.0. The second-order valence-electron chi connectivity index (χ2n) is 5.90. The van der Waals surface area contributed by atoms with Crippen molar-refractivity contribution in [2.75, 3.05) is 0 Å². The molecule has 2 aromatic heterocycles. The standard InChI is InChI=1S/C21H18N2O/c1-15-10-12-17(13-11-15)21-20(19-9-6-14-24-19)16(2)22-23(21)18-7-4-3-5-8-18/h3-14H,1-2H3. The number of aromatic nitrogens is 2. The molecule has 0 spiro atoms. The van der Waals surface area contributed by atoms with Gasteiger partial charge in [0.1, 0.15) is 5.76 Å². The minimum absolute atomic E-state index is 0.838. The Morgan fingerprint density at radius 1 is 0.833 bits per heavy atom. The Labute approximate surface area is 141 Å². The highest BCUT2D eigenvalue weighted by molar-refractivity contribution is 5.81. The van der Waals surface area contributed by atoms with E-state index in [1.165, 1.54) is 5.56 Å². The maximum Gasteiger partial charge on any atom is 0.137 e. The third-order valence-corrected chi connectivity index (χ3v) is 4.15. The first-order valence-electron chi connectivity index (χ1n) is 8.00. The first kappa shape index (κ1) is 14.5. The summed E-state index contributed by atoms with van der Waals surface area (Å²) in [7, 11) is 0. The number of hydrogen-bond acceptors (Lipinski definition) is 2. The molecule has 2 aromatic carbocycles. The van der Waals surface area contributed by atoms with Gasteiger partial charge >= 0.3 is 0 Å². The average Bonchev–Trinajstić information content (AvgIpc) is 3.24. The van der Waals surface area contributed by atoms with Gasteiger partial charge in [0.2, 0.25) is 0 Å². The molecule has 0 radical (unpaired) electrons. The van der Waals surface area contributed by atoms with E-state index in [-0.39, 0.29) is 0 Å². The van der Waals surface area contributed by atoms with Crippen LogP contribution in [0.4, 0.5) is 0 Å².